The van der Waals surface area contributed by atoms with E-state index >= 15 is 0 Å². The minimum atomic E-state index is -1.09. The molecule has 3 N–H and O–H groups in total. The number of aromatic nitrogens is 3. The second kappa shape index (κ2) is 5.47. The lowest BCUT2D eigenvalue weighted by Gasteiger charge is -2.04. The van der Waals surface area contributed by atoms with Crippen molar-refractivity contribution in [3.8, 4) is 0 Å². The Kier molecular flexibility index (Phi) is 3.95. The van der Waals surface area contributed by atoms with Gasteiger partial charge in [0.2, 0.25) is 0 Å². The zero-order valence-corrected chi connectivity index (χ0v) is 10.9. The lowest BCUT2D eigenvalue weighted by molar-refractivity contribution is 0.0689. The van der Waals surface area contributed by atoms with Gasteiger partial charge < -0.3 is 10.8 Å². The topological polar surface area (TPSA) is 94.0 Å². The first-order valence-electron chi connectivity index (χ1n) is 5.21. The summed E-state index contributed by atoms with van der Waals surface area (Å²) in [6.07, 6.45) is 0.424. The van der Waals surface area contributed by atoms with Crippen molar-refractivity contribution < 1.29 is 9.90 Å². The molecule has 0 aliphatic heterocycles. The van der Waals surface area contributed by atoms with Gasteiger partial charge in [0.25, 0.3) is 0 Å². The number of halogens is 1. The summed E-state index contributed by atoms with van der Waals surface area (Å²) in [4.78, 5) is 12.0. The Morgan fingerprint density at radius 1 is 1.56 bits per heavy atom. The average Bonchev–Trinajstić information content (AvgIpc) is 2.88. The van der Waals surface area contributed by atoms with Crippen LogP contribution in [0.4, 0.5) is 0 Å². The molecular formula is C10H11ClN4O2S. The van der Waals surface area contributed by atoms with E-state index in [0.29, 0.717) is 29.5 Å². The van der Waals surface area contributed by atoms with Crippen LogP contribution in [0.15, 0.2) is 12.1 Å². The molecule has 2 aromatic rings. The summed E-state index contributed by atoms with van der Waals surface area (Å²) in [6, 6.07) is 3.67. The highest BCUT2D eigenvalue weighted by Crippen LogP contribution is 2.22. The molecule has 2 heterocycles. The molecule has 2 rings (SSSR count). The number of thiophene rings is 1. The zero-order chi connectivity index (χ0) is 13.1. The van der Waals surface area contributed by atoms with Gasteiger partial charge >= 0.3 is 5.97 Å². The summed E-state index contributed by atoms with van der Waals surface area (Å²) in [6.45, 7) is 0.797. The molecule has 0 aliphatic rings. The van der Waals surface area contributed by atoms with Gasteiger partial charge in [-0.2, -0.15) is 0 Å². The number of aromatic carboxylic acids is 1. The van der Waals surface area contributed by atoms with Crippen LogP contribution in [0, 0.1) is 0 Å². The van der Waals surface area contributed by atoms with E-state index in [-0.39, 0.29) is 5.69 Å². The minimum absolute atomic E-state index is 0.0388. The Bertz CT molecular complexity index is 566. The van der Waals surface area contributed by atoms with E-state index in [4.69, 9.17) is 22.4 Å². The van der Waals surface area contributed by atoms with Crippen molar-refractivity contribution in [2.24, 2.45) is 5.73 Å². The van der Waals surface area contributed by atoms with Crippen LogP contribution in [-0.4, -0.2) is 32.6 Å². The van der Waals surface area contributed by atoms with E-state index in [1.165, 1.54) is 11.3 Å². The van der Waals surface area contributed by atoms with Crippen molar-refractivity contribution in [1.29, 1.82) is 0 Å². The molecule has 18 heavy (non-hydrogen) atoms. The number of nitrogens with two attached hydrogens (primary N) is 1. The summed E-state index contributed by atoms with van der Waals surface area (Å²) in [5.41, 5.74) is 5.97. The molecular weight excluding hydrogens is 276 g/mol. The Morgan fingerprint density at radius 2 is 2.33 bits per heavy atom. The molecule has 0 fully saturated rings. The average molecular weight is 287 g/mol. The number of nitrogens with zero attached hydrogens (tertiary/aromatic N) is 3. The molecule has 0 bridgehead atoms. The van der Waals surface area contributed by atoms with Crippen LogP contribution in [0.25, 0.3) is 0 Å². The Morgan fingerprint density at radius 3 is 2.89 bits per heavy atom. The molecule has 8 heteroatoms. The molecule has 0 saturated heterocycles. The first-order chi connectivity index (χ1) is 8.61. The molecule has 6 nitrogen and oxygen atoms in total. The van der Waals surface area contributed by atoms with Gasteiger partial charge in [0, 0.05) is 11.3 Å². The van der Waals surface area contributed by atoms with Gasteiger partial charge in [0.1, 0.15) is 0 Å². The Hall–Kier alpha value is -1.44. The first-order valence-corrected chi connectivity index (χ1v) is 6.41. The van der Waals surface area contributed by atoms with Crippen molar-refractivity contribution in [3.63, 3.8) is 0 Å². The largest absolute Gasteiger partial charge is 0.476 e. The fourth-order valence-electron chi connectivity index (χ4n) is 1.59. The normalized spacial score (nSPS) is 10.8. The van der Waals surface area contributed by atoms with Crippen LogP contribution in [0.3, 0.4) is 0 Å². The van der Waals surface area contributed by atoms with Gasteiger partial charge in [-0.1, -0.05) is 16.8 Å². The number of carboxylic acids is 1. The molecule has 0 aromatic carbocycles. The quantitative estimate of drug-likeness (QED) is 0.862. The van der Waals surface area contributed by atoms with Crippen molar-refractivity contribution in [2.75, 3.05) is 6.54 Å². The molecule has 0 saturated carbocycles. The van der Waals surface area contributed by atoms with E-state index in [2.05, 4.69) is 10.3 Å². The number of carbonyl (C=O) groups is 1. The fourth-order valence-corrected chi connectivity index (χ4v) is 2.66. The van der Waals surface area contributed by atoms with Crippen LogP contribution in [0.2, 0.25) is 4.34 Å². The van der Waals surface area contributed by atoms with Crippen LogP contribution in [0.5, 0.6) is 0 Å². The predicted molar refractivity (Wildman–Crippen MR) is 68.2 cm³/mol. The van der Waals surface area contributed by atoms with Crippen LogP contribution in [0.1, 0.15) is 21.1 Å². The maximum atomic E-state index is 11.0. The van der Waals surface area contributed by atoms with Gasteiger partial charge in [-0.25, -0.2) is 9.48 Å². The molecule has 0 unspecified atom stereocenters. The second-order valence-corrected chi connectivity index (χ2v) is 5.39. The molecule has 0 atom stereocenters. The van der Waals surface area contributed by atoms with Gasteiger partial charge in [-0.3, -0.25) is 0 Å². The van der Waals surface area contributed by atoms with Gasteiger partial charge in [-0.15, -0.1) is 16.4 Å². The third kappa shape index (κ3) is 2.69. The van der Waals surface area contributed by atoms with E-state index in [1.54, 1.807) is 10.7 Å². The SMILES string of the molecule is NCCc1c(C(=O)O)nnn1Cc1ccc(Cl)s1. The van der Waals surface area contributed by atoms with E-state index in [0.717, 1.165) is 4.88 Å². The van der Waals surface area contributed by atoms with Crippen molar-refractivity contribution in [2.45, 2.75) is 13.0 Å². The highest BCUT2D eigenvalue weighted by Gasteiger charge is 2.18. The molecule has 0 aliphatic carbocycles. The number of hydrogen-bond donors (Lipinski definition) is 2. The highest BCUT2D eigenvalue weighted by atomic mass is 35.5. The fraction of sp³-hybridized carbons (Fsp3) is 0.300. The highest BCUT2D eigenvalue weighted by molar-refractivity contribution is 7.16. The molecule has 0 radical (unpaired) electrons. The standard InChI is InChI=1S/C10H11ClN4O2S/c11-8-2-1-6(18-8)5-15-7(3-4-12)9(10(16)17)13-14-15/h1-2H,3-5,12H2,(H,16,17). The van der Waals surface area contributed by atoms with E-state index < -0.39 is 5.97 Å². The molecule has 0 spiro atoms. The Labute approximate surface area is 112 Å². The summed E-state index contributed by atoms with van der Waals surface area (Å²) in [7, 11) is 0. The van der Waals surface area contributed by atoms with Gasteiger partial charge in [0.05, 0.1) is 16.6 Å². The Balaban J connectivity index is 2.29. The van der Waals surface area contributed by atoms with Crippen LogP contribution in [-0.2, 0) is 13.0 Å². The molecule has 0 amide bonds. The zero-order valence-electron chi connectivity index (χ0n) is 9.34. The van der Waals surface area contributed by atoms with E-state index in [9.17, 15) is 4.79 Å². The maximum absolute atomic E-state index is 11.0. The van der Waals surface area contributed by atoms with Crippen molar-refractivity contribution in [3.05, 3.63) is 32.7 Å². The lowest BCUT2D eigenvalue weighted by Crippen LogP contribution is -2.13. The summed E-state index contributed by atoms with van der Waals surface area (Å²) in [5, 5.41) is 16.5. The van der Waals surface area contributed by atoms with E-state index in [1.807, 2.05) is 6.07 Å². The maximum Gasteiger partial charge on any atom is 0.358 e. The summed E-state index contributed by atoms with van der Waals surface area (Å²) in [5.74, 6) is -1.09. The minimum Gasteiger partial charge on any atom is -0.476 e. The van der Waals surface area contributed by atoms with Crippen LogP contribution >= 0.6 is 22.9 Å². The molecule has 96 valence electrons. The monoisotopic (exact) mass is 286 g/mol. The number of carboxylic acid groups (broad SMARTS) is 1. The predicted octanol–water partition coefficient (Wildman–Crippen LogP) is 1.24. The van der Waals surface area contributed by atoms with Crippen LogP contribution < -0.4 is 5.73 Å². The third-order valence-corrected chi connectivity index (χ3v) is 3.57. The second-order valence-electron chi connectivity index (χ2n) is 3.59. The summed E-state index contributed by atoms with van der Waals surface area (Å²) >= 11 is 7.27. The number of rotatable bonds is 5. The first kappa shape index (κ1) is 13.0. The summed E-state index contributed by atoms with van der Waals surface area (Å²) < 4.78 is 2.24. The van der Waals surface area contributed by atoms with Crippen molar-refractivity contribution in [1.82, 2.24) is 15.0 Å². The lowest BCUT2D eigenvalue weighted by atomic mass is 10.2. The van der Waals surface area contributed by atoms with Crippen molar-refractivity contribution >= 4 is 28.9 Å². The number of hydrogen-bond acceptors (Lipinski definition) is 5. The third-order valence-electron chi connectivity index (χ3n) is 2.36. The molecule has 2 aromatic heterocycles. The van der Waals surface area contributed by atoms with Gasteiger partial charge in [0.15, 0.2) is 5.69 Å². The van der Waals surface area contributed by atoms with Gasteiger partial charge in [-0.05, 0) is 18.7 Å². The smallest absolute Gasteiger partial charge is 0.358 e.